The van der Waals surface area contributed by atoms with Crippen molar-refractivity contribution in [3.05, 3.63) is 65.0 Å². The van der Waals surface area contributed by atoms with Gasteiger partial charge in [-0.2, -0.15) is 0 Å². The average Bonchev–Trinajstić information content (AvgIpc) is 3.25. The SMILES string of the molecule is CCO[C@H](Cc1ccc(OCCN[C@H]2[C@@H]3CN(Cc4cc(F)c(F)cc4F)C[C@@H]32)cc1)C(=O)O.Cl.Cl. The Bertz CT molecular complexity index is 1000. The summed E-state index contributed by atoms with van der Waals surface area (Å²) in [6.07, 6.45) is -0.555. The number of halogens is 5. The molecular formula is C25H31Cl2F3N2O4. The maximum Gasteiger partial charge on any atom is 0.333 e. The molecule has 0 radical (unpaired) electrons. The van der Waals surface area contributed by atoms with E-state index in [2.05, 4.69) is 10.2 Å². The van der Waals surface area contributed by atoms with Crippen molar-refractivity contribution in [2.75, 3.05) is 32.8 Å². The Labute approximate surface area is 221 Å². The molecule has 0 aromatic heterocycles. The van der Waals surface area contributed by atoms with Crippen molar-refractivity contribution in [2.45, 2.75) is 32.0 Å². The van der Waals surface area contributed by atoms with Gasteiger partial charge >= 0.3 is 5.97 Å². The Hall–Kier alpha value is -2.04. The van der Waals surface area contributed by atoms with Crippen LogP contribution in [-0.2, 0) is 22.5 Å². The lowest BCUT2D eigenvalue weighted by Gasteiger charge is -2.20. The Morgan fingerprint density at radius 3 is 2.33 bits per heavy atom. The topological polar surface area (TPSA) is 71.0 Å². The summed E-state index contributed by atoms with van der Waals surface area (Å²) in [5.74, 6) is -2.22. The molecule has 0 unspecified atom stereocenters. The number of hydrogen-bond donors (Lipinski definition) is 2. The maximum absolute atomic E-state index is 13.9. The molecule has 6 nitrogen and oxygen atoms in total. The average molecular weight is 551 g/mol. The van der Waals surface area contributed by atoms with Gasteiger partial charge in [0, 0.05) is 56.9 Å². The Morgan fingerprint density at radius 2 is 1.72 bits per heavy atom. The third-order valence-electron chi connectivity index (χ3n) is 6.49. The minimum atomic E-state index is -1.17. The van der Waals surface area contributed by atoms with Gasteiger partial charge in [0.2, 0.25) is 0 Å². The molecule has 4 atom stereocenters. The van der Waals surface area contributed by atoms with Crippen molar-refractivity contribution < 1.29 is 32.5 Å². The Kier molecular flexibility index (Phi) is 11.3. The first-order valence-electron chi connectivity index (χ1n) is 11.5. The first-order chi connectivity index (χ1) is 16.4. The molecule has 1 aliphatic carbocycles. The maximum atomic E-state index is 13.9. The summed E-state index contributed by atoms with van der Waals surface area (Å²) in [4.78, 5) is 13.3. The van der Waals surface area contributed by atoms with Crippen molar-refractivity contribution in [1.29, 1.82) is 0 Å². The number of nitrogens with one attached hydrogen (secondary N) is 1. The van der Waals surface area contributed by atoms with Crippen LogP contribution in [0, 0.1) is 29.3 Å². The number of benzene rings is 2. The molecule has 2 aromatic rings. The molecule has 0 bridgehead atoms. The van der Waals surface area contributed by atoms with Gasteiger partial charge in [-0.05, 0) is 42.5 Å². The lowest BCUT2D eigenvalue weighted by atomic mass is 10.1. The van der Waals surface area contributed by atoms with Crippen LogP contribution in [0.15, 0.2) is 36.4 Å². The van der Waals surface area contributed by atoms with Crippen molar-refractivity contribution >= 4 is 30.8 Å². The number of rotatable bonds is 12. The molecule has 1 saturated heterocycles. The predicted molar refractivity (Wildman–Crippen MR) is 134 cm³/mol. The lowest BCUT2D eigenvalue weighted by molar-refractivity contribution is -0.149. The van der Waals surface area contributed by atoms with Gasteiger partial charge in [0.25, 0.3) is 0 Å². The van der Waals surface area contributed by atoms with Gasteiger partial charge < -0.3 is 19.9 Å². The van der Waals surface area contributed by atoms with Crippen molar-refractivity contribution in [2.24, 2.45) is 11.8 Å². The van der Waals surface area contributed by atoms with E-state index >= 15 is 0 Å². The summed E-state index contributed by atoms with van der Waals surface area (Å²) in [5.41, 5.74) is 1.05. The smallest absolute Gasteiger partial charge is 0.333 e. The number of nitrogens with zero attached hydrogens (tertiary/aromatic N) is 1. The molecule has 2 N–H and O–H groups in total. The molecule has 2 aromatic carbocycles. The van der Waals surface area contributed by atoms with E-state index < -0.39 is 29.5 Å². The zero-order chi connectivity index (χ0) is 24.2. The monoisotopic (exact) mass is 550 g/mol. The normalized spacial score (nSPS) is 21.2. The Morgan fingerprint density at radius 1 is 1.08 bits per heavy atom. The third kappa shape index (κ3) is 7.49. The number of carbonyl (C=O) groups is 1. The molecule has 4 rings (SSSR count). The van der Waals surface area contributed by atoms with E-state index in [1.807, 2.05) is 24.3 Å². The minimum absolute atomic E-state index is 0. The van der Waals surface area contributed by atoms with Crippen LogP contribution in [0.3, 0.4) is 0 Å². The van der Waals surface area contributed by atoms with E-state index in [1.165, 1.54) is 0 Å². The van der Waals surface area contributed by atoms with Crippen molar-refractivity contribution in [1.82, 2.24) is 10.2 Å². The van der Waals surface area contributed by atoms with Gasteiger partial charge in [-0.3, -0.25) is 4.90 Å². The van der Waals surface area contributed by atoms with Gasteiger partial charge in [0.15, 0.2) is 17.7 Å². The van der Waals surface area contributed by atoms with Crippen molar-refractivity contribution in [3.63, 3.8) is 0 Å². The molecule has 1 saturated carbocycles. The van der Waals surface area contributed by atoms with E-state index in [4.69, 9.17) is 9.47 Å². The second kappa shape index (κ2) is 13.5. The number of carboxylic acids is 1. The number of hydrogen-bond acceptors (Lipinski definition) is 5. The zero-order valence-electron chi connectivity index (χ0n) is 19.8. The van der Waals surface area contributed by atoms with Crippen LogP contribution < -0.4 is 10.1 Å². The largest absolute Gasteiger partial charge is 0.492 e. The first-order valence-corrected chi connectivity index (χ1v) is 11.5. The third-order valence-corrected chi connectivity index (χ3v) is 6.49. The van der Waals surface area contributed by atoms with Crippen molar-refractivity contribution in [3.8, 4) is 5.75 Å². The number of fused-ring (bicyclic) bond motifs is 1. The highest BCUT2D eigenvalue weighted by atomic mass is 35.5. The summed E-state index contributed by atoms with van der Waals surface area (Å²) >= 11 is 0. The lowest BCUT2D eigenvalue weighted by Crippen LogP contribution is -2.33. The molecule has 2 fully saturated rings. The van der Waals surface area contributed by atoms with Gasteiger partial charge in [0.1, 0.15) is 18.2 Å². The van der Waals surface area contributed by atoms with Crippen LogP contribution in [-0.4, -0.2) is 61.0 Å². The molecular weight excluding hydrogens is 520 g/mol. The van der Waals surface area contributed by atoms with Gasteiger partial charge in [-0.15, -0.1) is 24.8 Å². The highest BCUT2D eigenvalue weighted by molar-refractivity contribution is 5.85. The van der Waals surface area contributed by atoms with E-state index in [-0.39, 0.29) is 36.9 Å². The fourth-order valence-electron chi connectivity index (χ4n) is 4.72. The molecule has 1 heterocycles. The van der Waals surface area contributed by atoms with Crippen LogP contribution in [0.4, 0.5) is 13.2 Å². The quantitative estimate of drug-likeness (QED) is 0.306. The summed E-state index contributed by atoms with van der Waals surface area (Å²) in [7, 11) is 0. The van der Waals surface area contributed by atoms with E-state index in [1.54, 1.807) is 6.92 Å². The van der Waals surface area contributed by atoms with Crippen LogP contribution in [0.5, 0.6) is 5.75 Å². The molecule has 0 amide bonds. The van der Waals surface area contributed by atoms with Crippen LogP contribution in [0.1, 0.15) is 18.1 Å². The van der Waals surface area contributed by atoms with Gasteiger partial charge in [-0.1, -0.05) is 12.1 Å². The summed E-state index contributed by atoms with van der Waals surface area (Å²) in [6.45, 7) is 5.16. The molecule has 36 heavy (non-hydrogen) atoms. The highest BCUT2D eigenvalue weighted by Crippen LogP contribution is 2.45. The molecule has 11 heteroatoms. The molecule has 2 aliphatic rings. The van der Waals surface area contributed by atoms with E-state index in [0.29, 0.717) is 55.9 Å². The molecule has 0 spiro atoms. The van der Waals surface area contributed by atoms with Crippen LogP contribution in [0.2, 0.25) is 0 Å². The van der Waals surface area contributed by atoms with Gasteiger partial charge in [0.05, 0.1) is 0 Å². The number of piperidine rings is 1. The Balaban J connectivity index is 0.00000228. The minimum Gasteiger partial charge on any atom is -0.492 e. The summed E-state index contributed by atoms with van der Waals surface area (Å²) < 4.78 is 51.4. The second-order valence-corrected chi connectivity index (χ2v) is 8.84. The van der Waals surface area contributed by atoms with E-state index in [9.17, 15) is 23.1 Å². The van der Waals surface area contributed by atoms with Gasteiger partial charge in [-0.25, -0.2) is 18.0 Å². The predicted octanol–water partition coefficient (Wildman–Crippen LogP) is 4.08. The summed E-state index contributed by atoms with van der Waals surface area (Å²) in [6, 6.07) is 9.26. The number of carboxylic acid groups (broad SMARTS) is 1. The molecule has 200 valence electrons. The number of ether oxygens (including phenoxy) is 2. The summed E-state index contributed by atoms with van der Waals surface area (Å²) in [5, 5.41) is 12.7. The van der Waals surface area contributed by atoms with E-state index in [0.717, 1.165) is 24.7 Å². The number of aliphatic carboxylic acids is 1. The highest BCUT2D eigenvalue weighted by Gasteiger charge is 2.55. The molecule has 1 aliphatic heterocycles. The zero-order valence-corrected chi connectivity index (χ0v) is 21.4. The second-order valence-electron chi connectivity index (χ2n) is 8.84. The number of likely N-dealkylation sites (tertiary alicyclic amines) is 1. The fraction of sp³-hybridized carbons (Fsp3) is 0.480. The van der Waals surface area contributed by atoms with Crippen LogP contribution >= 0.6 is 24.8 Å². The first kappa shape index (κ1) is 30.2. The standard InChI is InChI=1S/C25H29F3N2O4.2ClH/c1-2-33-23(25(31)32)9-15-3-5-17(6-4-15)34-8-7-29-24-18-13-30(14-19(18)24)12-16-10-21(27)22(28)11-20(16)26;;/h3-6,10-11,18-19,23-24,29H,2,7-9,12-14H2,1H3,(H,31,32);2*1H/t18-,19+,23-,24+;;/m1../s1. The fourth-order valence-corrected chi connectivity index (χ4v) is 4.72. The van der Waals surface area contributed by atoms with Crippen LogP contribution in [0.25, 0.3) is 0 Å².